The minimum absolute atomic E-state index is 0.00885. The van der Waals surface area contributed by atoms with Gasteiger partial charge in [0.25, 0.3) is 0 Å². The lowest BCUT2D eigenvalue weighted by atomic mass is 9.69. The molecule has 1 aromatic rings. The Labute approximate surface area is 119 Å². The van der Waals surface area contributed by atoms with E-state index in [9.17, 15) is 9.50 Å². The molecular weight excluding hydrogens is 253 g/mol. The molecule has 1 aliphatic carbocycles. The largest absolute Gasteiger partial charge is 0.384 e. The molecule has 0 aromatic heterocycles. The number of benzene rings is 1. The van der Waals surface area contributed by atoms with Gasteiger partial charge < -0.3 is 5.11 Å². The number of hydrogen-bond acceptors (Lipinski definition) is 2. The zero-order chi connectivity index (χ0) is 14.9. The molecule has 0 fully saturated rings. The number of nitrogens with zero attached hydrogens (tertiary/aromatic N) is 1. The predicted molar refractivity (Wildman–Crippen MR) is 76.4 cm³/mol. The average Bonchev–Trinajstić information content (AvgIpc) is 2.37. The highest BCUT2D eigenvalue weighted by Gasteiger charge is 2.33. The van der Waals surface area contributed by atoms with Crippen LogP contribution in [0.3, 0.4) is 0 Å². The van der Waals surface area contributed by atoms with Crippen molar-refractivity contribution in [3.8, 4) is 6.07 Å². The average molecular weight is 273 g/mol. The van der Waals surface area contributed by atoms with Crippen molar-refractivity contribution in [1.29, 1.82) is 5.26 Å². The van der Waals surface area contributed by atoms with Gasteiger partial charge in [-0.3, -0.25) is 0 Å². The Bertz CT molecular complexity index is 595. The molecule has 106 valence electrons. The van der Waals surface area contributed by atoms with Gasteiger partial charge in [-0.15, -0.1) is 0 Å². The van der Waals surface area contributed by atoms with Crippen molar-refractivity contribution in [2.75, 3.05) is 0 Å². The van der Waals surface area contributed by atoms with Gasteiger partial charge in [0.05, 0.1) is 5.56 Å². The number of rotatable bonds is 2. The summed E-state index contributed by atoms with van der Waals surface area (Å²) in [5, 5.41) is 19.4. The van der Waals surface area contributed by atoms with Gasteiger partial charge in [0.2, 0.25) is 0 Å². The highest BCUT2D eigenvalue weighted by molar-refractivity contribution is 5.39. The molecule has 0 amide bonds. The van der Waals surface area contributed by atoms with Gasteiger partial charge >= 0.3 is 0 Å². The first kappa shape index (κ1) is 14.7. The molecule has 1 atom stereocenters. The molecular formula is C17H20FNO. The van der Waals surface area contributed by atoms with Gasteiger partial charge in [-0.05, 0) is 54.9 Å². The Morgan fingerprint density at radius 1 is 1.40 bits per heavy atom. The number of hydrogen-bond donors (Lipinski definition) is 1. The fourth-order valence-corrected chi connectivity index (χ4v) is 3.20. The van der Waals surface area contributed by atoms with Crippen LogP contribution >= 0.6 is 0 Å². The molecule has 2 nitrogen and oxygen atoms in total. The summed E-state index contributed by atoms with van der Waals surface area (Å²) < 4.78 is 13.7. The maximum Gasteiger partial charge on any atom is 0.141 e. The van der Waals surface area contributed by atoms with E-state index in [1.165, 1.54) is 17.7 Å². The first-order chi connectivity index (χ1) is 9.36. The van der Waals surface area contributed by atoms with E-state index < -0.39 is 11.9 Å². The number of nitriles is 1. The molecule has 1 N–H and O–H groups in total. The van der Waals surface area contributed by atoms with Gasteiger partial charge in [-0.1, -0.05) is 25.5 Å². The molecule has 20 heavy (non-hydrogen) atoms. The lowest BCUT2D eigenvalue weighted by Gasteiger charge is -2.37. The molecule has 0 radical (unpaired) electrons. The fraction of sp³-hybridized carbons (Fsp3) is 0.471. The van der Waals surface area contributed by atoms with Crippen LogP contribution in [0.25, 0.3) is 0 Å². The zero-order valence-electron chi connectivity index (χ0n) is 12.2. The lowest BCUT2D eigenvalue weighted by Crippen LogP contribution is -2.25. The minimum atomic E-state index is -0.799. The van der Waals surface area contributed by atoms with Crippen LogP contribution in [0, 0.1) is 22.6 Å². The molecule has 1 aromatic carbocycles. The van der Waals surface area contributed by atoms with Crippen LogP contribution < -0.4 is 0 Å². The van der Waals surface area contributed by atoms with Gasteiger partial charge in [0.1, 0.15) is 18.0 Å². The van der Waals surface area contributed by atoms with Crippen molar-refractivity contribution < 1.29 is 9.50 Å². The van der Waals surface area contributed by atoms with Crippen LogP contribution in [0.15, 0.2) is 29.3 Å². The molecule has 3 heteroatoms. The summed E-state index contributed by atoms with van der Waals surface area (Å²) >= 11 is 0. The van der Waals surface area contributed by atoms with Crippen molar-refractivity contribution in [1.82, 2.24) is 0 Å². The van der Waals surface area contributed by atoms with Crippen LogP contribution in [0.5, 0.6) is 0 Å². The molecule has 0 heterocycles. The molecule has 0 saturated heterocycles. The molecule has 0 aliphatic heterocycles. The highest BCUT2D eigenvalue weighted by Crippen LogP contribution is 2.46. The number of halogens is 1. The Balaban J connectivity index is 2.43. The molecule has 0 bridgehead atoms. The van der Waals surface area contributed by atoms with E-state index >= 15 is 0 Å². The summed E-state index contributed by atoms with van der Waals surface area (Å²) in [4.78, 5) is 0. The summed E-state index contributed by atoms with van der Waals surface area (Å²) in [7, 11) is 0. The summed E-state index contributed by atoms with van der Waals surface area (Å²) in [6.07, 6.45) is 2.33. The maximum atomic E-state index is 13.7. The van der Waals surface area contributed by atoms with Gasteiger partial charge in [0.15, 0.2) is 0 Å². The number of allylic oxidation sites excluding steroid dienone is 1. The summed E-state index contributed by atoms with van der Waals surface area (Å²) in [6, 6.07) is 6.14. The molecule has 0 saturated carbocycles. The number of aliphatic hydroxyl groups is 1. The van der Waals surface area contributed by atoms with Crippen LogP contribution in [0.2, 0.25) is 0 Å². The quantitative estimate of drug-likeness (QED) is 0.818. The standard InChI is InChI=1S/C17H20FNO/c1-11-5-4-8-17(2,3)15(11)16(20)12-6-7-13(10-19)14(18)9-12/h6-7,9,16,20H,4-5,8H2,1-3H3. The second-order valence-corrected chi connectivity index (χ2v) is 6.19. The van der Waals surface area contributed by atoms with Crippen molar-refractivity contribution in [3.05, 3.63) is 46.3 Å². The summed E-state index contributed by atoms with van der Waals surface area (Å²) in [6.45, 7) is 6.28. The van der Waals surface area contributed by atoms with E-state index in [-0.39, 0.29) is 11.0 Å². The fourth-order valence-electron chi connectivity index (χ4n) is 3.20. The van der Waals surface area contributed by atoms with E-state index in [0.29, 0.717) is 5.56 Å². The van der Waals surface area contributed by atoms with Crippen molar-refractivity contribution >= 4 is 0 Å². The second-order valence-electron chi connectivity index (χ2n) is 6.19. The third-order valence-corrected chi connectivity index (χ3v) is 4.25. The van der Waals surface area contributed by atoms with E-state index in [1.54, 1.807) is 12.1 Å². The third-order valence-electron chi connectivity index (χ3n) is 4.25. The van der Waals surface area contributed by atoms with Crippen molar-refractivity contribution in [2.24, 2.45) is 5.41 Å². The molecule has 0 spiro atoms. The Hall–Kier alpha value is -1.66. The number of aliphatic hydroxyl groups excluding tert-OH is 1. The van der Waals surface area contributed by atoms with E-state index in [0.717, 1.165) is 24.8 Å². The summed E-state index contributed by atoms with van der Waals surface area (Å²) in [5.74, 6) is -0.573. The topological polar surface area (TPSA) is 44.0 Å². The van der Waals surface area contributed by atoms with Crippen LogP contribution in [0.4, 0.5) is 4.39 Å². The Morgan fingerprint density at radius 2 is 2.10 bits per heavy atom. The minimum Gasteiger partial charge on any atom is -0.384 e. The SMILES string of the molecule is CC1=C(C(O)c2ccc(C#N)c(F)c2)C(C)(C)CCC1. The molecule has 2 rings (SSSR count). The highest BCUT2D eigenvalue weighted by atomic mass is 19.1. The molecule has 1 aliphatic rings. The lowest BCUT2D eigenvalue weighted by molar-refractivity contribution is 0.170. The Kier molecular flexibility index (Phi) is 3.96. The van der Waals surface area contributed by atoms with Gasteiger partial charge in [-0.25, -0.2) is 4.39 Å². The Morgan fingerprint density at radius 3 is 2.65 bits per heavy atom. The maximum absolute atomic E-state index is 13.7. The normalized spacial score (nSPS) is 19.6. The zero-order valence-corrected chi connectivity index (χ0v) is 12.2. The first-order valence-corrected chi connectivity index (χ1v) is 6.94. The van der Waals surface area contributed by atoms with E-state index in [1.807, 2.05) is 6.92 Å². The van der Waals surface area contributed by atoms with Gasteiger partial charge in [0, 0.05) is 0 Å². The second kappa shape index (κ2) is 5.38. The molecule has 1 unspecified atom stereocenters. The smallest absolute Gasteiger partial charge is 0.141 e. The van der Waals surface area contributed by atoms with Crippen LogP contribution in [-0.2, 0) is 0 Å². The van der Waals surface area contributed by atoms with Gasteiger partial charge in [-0.2, -0.15) is 5.26 Å². The van der Waals surface area contributed by atoms with Crippen LogP contribution in [0.1, 0.15) is 57.3 Å². The van der Waals surface area contributed by atoms with Crippen molar-refractivity contribution in [2.45, 2.75) is 46.1 Å². The summed E-state index contributed by atoms with van der Waals surface area (Å²) in [5.41, 5.74) is 2.64. The third kappa shape index (κ3) is 2.62. The first-order valence-electron chi connectivity index (χ1n) is 6.94. The monoisotopic (exact) mass is 273 g/mol. The van der Waals surface area contributed by atoms with E-state index in [4.69, 9.17) is 5.26 Å². The predicted octanol–water partition coefficient (Wildman–Crippen LogP) is 4.26. The van der Waals surface area contributed by atoms with E-state index in [2.05, 4.69) is 13.8 Å². The van der Waals surface area contributed by atoms with Crippen molar-refractivity contribution in [3.63, 3.8) is 0 Å². The van der Waals surface area contributed by atoms with Crippen LogP contribution in [-0.4, -0.2) is 5.11 Å².